The Kier molecular flexibility index (Phi) is 3.08. The van der Waals surface area contributed by atoms with Gasteiger partial charge in [0.1, 0.15) is 0 Å². The summed E-state index contributed by atoms with van der Waals surface area (Å²) in [5.74, 6) is 0.799. The lowest BCUT2D eigenvalue weighted by Crippen LogP contribution is -2.45. The number of allylic oxidation sites excluding steroid dienone is 1. The molecule has 17 heavy (non-hydrogen) atoms. The first kappa shape index (κ1) is 11.1. The molecule has 3 heteroatoms. The van der Waals surface area contributed by atoms with Gasteiger partial charge in [0.25, 0.3) is 0 Å². The van der Waals surface area contributed by atoms with Gasteiger partial charge in [-0.05, 0) is 38.5 Å². The van der Waals surface area contributed by atoms with Crippen molar-refractivity contribution in [1.29, 1.82) is 0 Å². The van der Waals surface area contributed by atoms with Crippen LogP contribution in [0.2, 0.25) is 0 Å². The van der Waals surface area contributed by atoms with E-state index in [0.29, 0.717) is 12.1 Å². The van der Waals surface area contributed by atoms with E-state index >= 15 is 0 Å². The highest BCUT2D eigenvalue weighted by atomic mass is 15.3. The van der Waals surface area contributed by atoms with Crippen molar-refractivity contribution in [1.82, 2.24) is 4.90 Å². The fourth-order valence-electron chi connectivity index (χ4n) is 3.49. The van der Waals surface area contributed by atoms with Gasteiger partial charge in [-0.15, -0.1) is 0 Å². The molecule has 0 saturated heterocycles. The molecular formula is C14H23N3. The van der Waals surface area contributed by atoms with Crippen LogP contribution in [0.4, 0.5) is 0 Å². The summed E-state index contributed by atoms with van der Waals surface area (Å²) in [6.45, 7) is 1.04. The monoisotopic (exact) mass is 233 g/mol. The van der Waals surface area contributed by atoms with Gasteiger partial charge in [-0.2, -0.15) is 0 Å². The van der Waals surface area contributed by atoms with Gasteiger partial charge in [0.2, 0.25) is 0 Å². The quantitative estimate of drug-likeness (QED) is 0.744. The Morgan fingerprint density at radius 1 is 1.24 bits per heavy atom. The number of nitrogens with zero attached hydrogens (tertiary/aromatic N) is 2. The standard InChI is InChI=1S/C14H23N3/c15-14-16-12-8-4-5-9-13(12)17(14)10-11-6-2-1-3-7-11/h6,12-13H,1-5,7-10H2,(H2,15,16). The van der Waals surface area contributed by atoms with Crippen LogP contribution in [0.15, 0.2) is 16.6 Å². The molecule has 2 unspecified atom stereocenters. The predicted octanol–water partition coefficient (Wildman–Crippen LogP) is 2.43. The maximum atomic E-state index is 6.10. The fraction of sp³-hybridized carbons (Fsp3) is 0.786. The lowest BCUT2D eigenvalue weighted by atomic mass is 9.90. The lowest BCUT2D eigenvalue weighted by Gasteiger charge is -2.33. The molecule has 0 spiro atoms. The Bertz CT molecular complexity index is 345. The molecule has 1 aliphatic heterocycles. The first-order valence-corrected chi connectivity index (χ1v) is 7.12. The zero-order valence-electron chi connectivity index (χ0n) is 10.6. The zero-order chi connectivity index (χ0) is 11.7. The normalized spacial score (nSPS) is 33.1. The molecule has 1 saturated carbocycles. The van der Waals surface area contributed by atoms with E-state index in [0.717, 1.165) is 12.5 Å². The number of hydrogen-bond acceptors (Lipinski definition) is 3. The molecule has 1 heterocycles. The van der Waals surface area contributed by atoms with E-state index in [4.69, 9.17) is 5.73 Å². The second-order valence-corrected chi connectivity index (χ2v) is 5.64. The van der Waals surface area contributed by atoms with Crippen molar-refractivity contribution in [2.45, 2.75) is 63.5 Å². The van der Waals surface area contributed by atoms with E-state index in [-0.39, 0.29) is 0 Å². The summed E-state index contributed by atoms with van der Waals surface area (Å²) in [7, 11) is 0. The molecule has 0 aromatic heterocycles. The molecular weight excluding hydrogens is 210 g/mol. The minimum absolute atomic E-state index is 0.493. The summed E-state index contributed by atoms with van der Waals surface area (Å²) in [6.07, 6.45) is 12.9. The predicted molar refractivity (Wildman–Crippen MR) is 70.9 cm³/mol. The molecule has 0 aromatic rings. The Morgan fingerprint density at radius 3 is 2.94 bits per heavy atom. The lowest BCUT2D eigenvalue weighted by molar-refractivity contribution is 0.253. The summed E-state index contributed by atoms with van der Waals surface area (Å²) in [6, 6.07) is 1.10. The molecule has 0 radical (unpaired) electrons. The smallest absolute Gasteiger partial charge is 0.192 e. The van der Waals surface area contributed by atoms with Crippen molar-refractivity contribution in [2.75, 3.05) is 6.54 Å². The fourth-order valence-corrected chi connectivity index (χ4v) is 3.49. The number of nitrogens with two attached hydrogens (primary N) is 1. The second kappa shape index (κ2) is 4.71. The first-order valence-electron chi connectivity index (χ1n) is 7.12. The zero-order valence-corrected chi connectivity index (χ0v) is 10.6. The van der Waals surface area contributed by atoms with E-state index in [1.54, 1.807) is 5.57 Å². The maximum Gasteiger partial charge on any atom is 0.192 e. The Balaban J connectivity index is 1.69. The van der Waals surface area contributed by atoms with Gasteiger partial charge in [0.05, 0.1) is 12.1 Å². The molecule has 2 N–H and O–H groups in total. The van der Waals surface area contributed by atoms with Crippen molar-refractivity contribution >= 4 is 5.96 Å². The van der Waals surface area contributed by atoms with E-state index in [2.05, 4.69) is 16.0 Å². The van der Waals surface area contributed by atoms with Crippen LogP contribution in [0.25, 0.3) is 0 Å². The third-order valence-corrected chi connectivity index (χ3v) is 4.45. The van der Waals surface area contributed by atoms with Gasteiger partial charge >= 0.3 is 0 Å². The van der Waals surface area contributed by atoms with E-state index in [9.17, 15) is 0 Å². The number of hydrogen-bond donors (Lipinski definition) is 1. The third-order valence-electron chi connectivity index (χ3n) is 4.45. The van der Waals surface area contributed by atoms with Crippen molar-refractivity contribution in [3.63, 3.8) is 0 Å². The van der Waals surface area contributed by atoms with Crippen LogP contribution in [0.1, 0.15) is 51.4 Å². The largest absolute Gasteiger partial charge is 0.370 e. The Morgan fingerprint density at radius 2 is 2.12 bits per heavy atom. The van der Waals surface area contributed by atoms with Crippen molar-refractivity contribution in [3.8, 4) is 0 Å². The number of guanidine groups is 1. The third kappa shape index (κ3) is 2.20. The Labute approximate surface area is 104 Å². The average molecular weight is 233 g/mol. The van der Waals surface area contributed by atoms with Crippen LogP contribution in [0.3, 0.4) is 0 Å². The molecule has 2 atom stereocenters. The summed E-state index contributed by atoms with van der Waals surface area (Å²) in [5.41, 5.74) is 7.69. The van der Waals surface area contributed by atoms with Gasteiger partial charge in [-0.25, -0.2) is 4.99 Å². The summed E-state index contributed by atoms with van der Waals surface area (Å²) in [5, 5.41) is 0. The minimum Gasteiger partial charge on any atom is -0.370 e. The van der Waals surface area contributed by atoms with Crippen LogP contribution in [0, 0.1) is 0 Å². The van der Waals surface area contributed by atoms with Gasteiger partial charge in [-0.3, -0.25) is 0 Å². The van der Waals surface area contributed by atoms with Crippen LogP contribution in [-0.4, -0.2) is 29.5 Å². The highest BCUT2D eigenvalue weighted by Crippen LogP contribution is 2.31. The van der Waals surface area contributed by atoms with Gasteiger partial charge in [-0.1, -0.05) is 24.5 Å². The molecule has 1 fully saturated rings. The van der Waals surface area contributed by atoms with E-state index in [1.165, 1.54) is 51.4 Å². The molecule has 0 amide bonds. The summed E-state index contributed by atoms with van der Waals surface area (Å²) >= 11 is 0. The highest BCUT2D eigenvalue weighted by molar-refractivity contribution is 5.81. The molecule has 0 aromatic carbocycles. The average Bonchev–Trinajstić information content (AvgIpc) is 2.68. The topological polar surface area (TPSA) is 41.6 Å². The minimum atomic E-state index is 0.493. The van der Waals surface area contributed by atoms with Crippen molar-refractivity contribution < 1.29 is 0 Å². The van der Waals surface area contributed by atoms with Crippen LogP contribution in [0.5, 0.6) is 0 Å². The maximum absolute atomic E-state index is 6.10. The SMILES string of the molecule is NC1=NC2CCCCC2N1CC1=CCCCC1. The van der Waals surface area contributed by atoms with E-state index < -0.39 is 0 Å². The summed E-state index contributed by atoms with van der Waals surface area (Å²) < 4.78 is 0. The number of rotatable bonds is 2. The van der Waals surface area contributed by atoms with Crippen molar-refractivity contribution in [3.05, 3.63) is 11.6 Å². The molecule has 2 aliphatic carbocycles. The highest BCUT2D eigenvalue weighted by Gasteiger charge is 2.36. The van der Waals surface area contributed by atoms with Crippen LogP contribution < -0.4 is 5.73 Å². The molecule has 3 nitrogen and oxygen atoms in total. The van der Waals surface area contributed by atoms with Gasteiger partial charge in [0.15, 0.2) is 5.96 Å². The Hall–Kier alpha value is -0.990. The first-order chi connectivity index (χ1) is 8.34. The second-order valence-electron chi connectivity index (χ2n) is 5.64. The van der Waals surface area contributed by atoms with Crippen LogP contribution >= 0.6 is 0 Å². The van der Waals surface area contributed by atoms with Crippen LogP contribution in [-0.2, 0) is 0 Å². The van der Waals surface area contributed by atoms with Gasteiger partial charge in [0, 0.05) is 6.54 Å². The van der Waals surface area contributed by atoms with Crippen molar-refractivity contribution in [2.24, 2.45) is 10.7 Å². The molecule has 0 bridgehead atoms. The number of aliphatic imine (C=N–C) groups is 1. The number of fused-ring (bicyclic) bond motifs is 1. The molecule has 3 rings (SSSR count). The molecule has 3 aliphatic rings. The summed E-state index contributed by atoms with van der Waals surface area (Å²) in [4.78, 5) is 7.03. The molecule has 94 valence electrons. The van der Waals surface area contributed by atoms with Gasteiger partial charge < -0.3 is 10.6 Å². The van der Waals surface area contributed by atoms with E-state index in [1.807, 2.05) is 0 Å².